The molecule has 3 aromatic carbocycles. The zero-order valence-corrected chi connectivity index (χ0v) is 26.2. The number of amides is 1. The van der Waals surface area contributed by atoms with E-state index in [2.05, 4.69) is 41.3 Å². The second-order valence-corrected chi connectivity index (χ2v) is 14.0. The molecule has 222 valence electrons. The predicted octanol–water partition coefficient (Wildman–Crippen LogP) is 4.65. The van der Waals surface area contributed by atoms with E-state index >= 15 is 0 Å². The van der Waals surface area contributed by atoms with Gasteiger partial charge >= 0.3 is 5.97 Å². The Bertz CT molecular complexity index is 1970. The fourth-order valence-electron chi connectivity index (χ4n) is 6.61. The topological polar surface area (TPSA) is 82.8 Å². The molecule has 44 heavy (non-hydrogen) atoms. The third-order valence-corrected chi connectivity index (χ3v) is 11.3. The normalized spacial score (nSPS) is 20.9. The molecule has 2 aliphatic heterocycles. The van der Waals surface area contributed by atoms with E-state index < -0.39 is 18.1 Å². The van der Waals surface area contributed by atoms with Gasteiger partial charge in [0.15, 0.2) is 0 Å². The molecule has 0 radical (unpaired) electrons. The van der Waals surface area contributed by atoms with E-state index in [0.717, 1.165) is 53.6 Å². The van der Waals surface area contributed by atoms with Crippen LogP contribution in [0, 0.1) is 0 Å². The van der Waals surface area contributed by atoms with Crippen molar-refractivity contribution in [1.82, 2.24) is 9.47 Å². The monoisotopic (exact) mass is 639 g/mol. The van der Waals surface area contributed by atoms with Gasteiger partial charge in [-0.05, 0) is 53.3 Å². The number of rotatable bonds is 7. The van der Waals surface area contributed by atoms with Crippen molar-refractivity contribution in [3.63, 3.8) is 0 Å². The number of hydrogen-bond acceptors (Lipinski definition) is 7. The number of carboxylic acid groups (broad SMARTS) is 1. The van der Waals surface area contributed by atoms with Crippen molar-refractivity contribution in [2.45, 2.75) is 50.9 Å². The smallest absolute Gasteiger partial charge is 0.323 e. The van der Waals surface area contributed by atoms with Crippen LogP contribution in [-0.2, 0) is 29.2 Å². The molecule has 2 atom stereocenters. The zero-order chi connectivity index (χ0) is 30.4. The number of carboxylic acids is 1. The highest BCUT2D eigenvalue weighted by molar-refractivity contribution is 8.30. The highest BCUT2D eigenvalue weighted by atomic mass is 32.2. The lowest BCUT2D eigenvalue weighted by molar-refractivity contribution is -0.137. The van der Waals surface area contributed by atoms with Gasteiger partial charge in [-0.1, -0.05) is 97.1 Å². The van der Waals surface area contributed by atoms with Crippen molar-refractivity contribution in [3.05, 3.63) is 121 Å². The summed E-state index contributed by atoms with van der Waals surface area (Å²) in [6.45, 7) is 0.629. The lowest BCUT2D eigenvalue weighted by Gasteiger charge is -2.27. The lowest BCUT2D eigenvalue weighted by atomic mass is 9.96. The number of aliphatic carboxylic acids is 1. The molecule has 1 N–H and O–H groups in total. The van der Waals surface area contributed by atoms with Crippen LogP contribution in [0.15, 0.2) is 83.7 Å². The van der Waals surface area contributed by atoms with Crippen LogP contribution in [0.5, 0.6) is 0 Å². The number of thiocarbonyl (C=S) groups is 1. The second kappa shape index (κ2) is 11.8. The van der Waals surface area contributed by atoms with Crippen LogP contribution < -0.4 is 19.7 Å². The Morgan fingerprint density at radius 1 is 0.955 bits per heavy atom. The molecule has 2 fully saturated rings. The molecule has 0 spiro atoms. The van der Waals surface area contributed by atoms with E-state index in [1.807, 2.05) is 48.5 Å². The van der Waals surface area contributed by atoms with Crippen molar-refractivity contribution >= 4 is 68.2 Å². The zero-order valence-electron chi connectivity index (χ0n) is 23.7. The van der Waals surface area contributed by atoms with E-state index in [0.29, 0.717) is 32.0 Å². The van der Waals surface area contributed by atoms with Gasteiger partial charge in [-0.2, -0.15) is 0 Å². The Labute approximate surface area is 267 Å². The molecule has 1 aliphatic carbocycles. The Morgan fingerprint density at radius 2 is 1.66 bits per heavy atom. The van der Waals surface area contributed by atoms with Gasteiger partial charge in [0.2, 0.25) is 0 Å². The van der Waals surface area contributed by atoms with E-state index in [1.54, 1.807) is 0 Å². The number of hydrogen-bond donors (Lipinski definition) is 1. The number of thiazole rings is 1. The first-order valence-electron chi connectivity index (χ1n) is 14.6. The molecule has 0 bridgehead atoms. The average molecular weight is 640 g/mol. The fourth-order valence-corrected chi connectivity index (χ4v) is 9.12. The molecular weight excluding hydrogens is 611 g/mol. The summed E-state index contributed by atoms with van der Waals surface area (Å²) in [5.41, 5.74) is 5.22. The number of benzene rings is 3. The first-order chi connectivity index (χ1) is 21.4. The SMILES string of the molecule is O=C(O)Cn1c(=O)/c(=C\c2ccc3c(c2)C2CCCC2N3Cc2ccccc2)s/c1=C1/SC(=S)N(Cc2ccccc2)C1=O. The summed E-state index contributed by atoms with van der Waals surface area (Å²) in [5.74, 6) is -1.02. The largest absolute Gasteiger partial charge is 0.480 e. The lowest BCUT2D eigenvalue weighted by Crippen LogP contribution is -2.35. The summed E-state index contributed by atoms with van der Waals surface area (Å²) in [7, 11) is 0. The Hall–Kier alpha value is -3.99. The minimum atomic E-state index is -1.15. The maximum atomic E-state index is 13.6. The number of thioether (sulfide) groups is 1. The Kier molecular flexibility index (Phi) is 7.74. The van der Waals surface area contributed by atoms with Crippen molar-refractivity contribution in [2.75, 3.05) is 4.90 Å². The molecule has 4 aromatic rings. The van der Waals surface area contributed by atoms with Crippen molar-refractivity contribution in [1.29, 1.82) is 0 Å². The van der Waals surface area contributed by atoms with Crippen LogP contribution in [0.25, 0.3) is 11.0 Å². The summed E-state index contributed by atoms with van der Waals surface area (Å²) < 4.78 is 2.28. The number of carbonyl (C=O) groups excluding carboxylic acids is 1. The van der Waals surface area contributed by atoms with Gasteiger partial charge in [-0.25, -0.2) is 0 Å². The van der Waals surface area contributed by atoms with Crippen LogP contribution in [0.1, 0.15) is 47.4 Å². The number of nitrogens with zero attached hydrogens (tertiary/aromatic N) is 3. The predicted molar refractivity (Wildman–Crippen MR) is 179 cm³/mol. The number of fused-ring (bicyclic) bond motifs is 3. The van der Waals surface area contributed by atoms with Crippen LogP contribution in [-0.4, -0.2) is 36.8 Å². The first-order valence-corrected chi connectivity index (χ1v) is 16.6. The van der Waals surface area contributed by atoms with E-state index in [1.165, 1.54) is 32.7 Å². The van der Waals surface area contributed by atoms with Gasteiger partial charge < -0.3 is 10.0 Å². The van der Waals surface area contributed by atoms with Crippen LogP contribution in [0.2, 0.25) is 0 Å². The molecule has 1 saturated carbocycles. The van der Waals surface area contributed by atoms with Gasteiger partial charge in [0, 0.05) is 24.2 Å². The fraction of sp³-hybridized carbons (Fsp3) is 0.235. The molecule has 7 rings (SSSR count). The molecule has 1 amide bonds. The summed E-state index contributed by atoms with van der Waals surface area (Å²) in [6, 6.07) is 26.9. The highest BCUT2D eigenvalue weighted by Crippen LogP contribution is 2.50. The minimum absolute atomic E-state index is 0.285. The molecule has 2 unspecified atom stereocenters. The molecule has 1 saturated heterocycles. The highest BCUT2D eigenvalue weighted by Gasteiger charge is 2.41. The van der Waals surface area contributed by atoms with Crippen molar-refractivity contribution in [3.8, 4) is 0 Å². The number of aromatic nitrogens is 1. The molecule has 7 nitrogen and oxygen atoms in total. The third-order valence-electron chi connectivity index (χ3n) is 8.56. The average Bonchev–Trinajstić information content (AvgIpc) is 3.76. The summed E-state index contributed by atoms with van der Waals surface area (Å²) in [6.07, 6.45) is 5.31. The van der Waals surface area contributed by atoms with Gasteiger partial charge in [-0.15, -0.1) is 11.3 Å². The Balaban J connectivity index is 1.27. The maximum absolute atomic E-state index is 13.6. The molecule has 3 heterocycles. The minimum Gasteiger partial charge on any atom is -0.480 e. The van der Waals surface area contributed by atoms with Gasteiger partial charge in [-0.3, -0.25) is 23.9 Å². The molecule has 1 aromatic heterocycles. The Morgan fingerprint density at radius 3 is 2.36 bits per heavy atom. The van der Waals surface area contributed by atoms with Crippen molar-refractivity contribution in [2.24, 2.45) is 0 Å². The van der Waals surface area contributed by atoms with E-state index in [9.17, 15) is 19.5 Å². The molecular formula is C34H29N3O4S3. The van der Waals surface area contributed by atoms with Gasteiger partial charge in [0.05, 0.1) is 11.1 Å². The second-order valence-electron chi connectivity index (χ2n) is 11.3. The molecule has 10 heteroatoms. The molecule has 3 aliphatic rings. The quantitative estimate of drug-likeness (QED) is 0.295. The summed E-state index contributed by atoms with van der Waals surface area (Å²) in [4.78, 5) is 43.3. The van der Waals surface area contributed by atoms with E-state index in [-0.39, 0.29) is 10.8 Å². The van der Waals surface area contributed by atoms with Gasteiger partial charge in [0.25, 0.3) is 11.5 Å². The summed E-state index contributed by atoms with van der Waals surface area (Å²) in [5, 5.41) is 9.64. The number of anilines is 1. The van der Waals surface area contributed by atoms with Crippen molar-refractivity contribution < 1.29 is 14.7 Å². The van der Waals surface area contributed by atoms with Crippen LogP contribution in [0.3, 0.4) is 0 Å². The van der Waals surface area contributed by atoms with E-state index in [4.69, 9.17) is 12.2 Å². The number of carbonyl (C=O) groups is 2. The van der Waals surface area contributed by atoms with Crippen LogP contribution >= 0.6 is 35.3 Å². The third kappa shape index (κ3) is 5.31. The van der Waals surface area contributed by atoms with Gasteiger partial charge in [0.1, 0.15) is 20.4 Å². The summed E-state index contributed by atoms with van der Waals surface area (Å²) >= 11 is 7.80. The maximum Gasteiger partial charge on any atom is 0.323 e. The van der Waals surface area contributed by atoms with Crippen LogP contribution in [0.4, 0.5) is 5.69 Å². The first kappa shape index (κ1) is 28.8. The standard InChI is InChI=1S/C34H29N3O4S3/c38-29(39)20-36-31(40)28(43-33(36)30-32(41)37(34(42)44-30)19-22-10-5-2-6-11-22)17-23-14-15-27-25(16-23)24-12-7-13-26(24)35(27)18-21-8-3-1-4-9-21/h1-6,8-11,14-17,24,26H,7,12-13,18-20H2,(H,38,39)/b28-17+,33-30+.